The number of hydrogen-bond donors (Lipinski definition) is 0. The molecule has 0 aliphatic carbocycles. The van der Waals surface area contributed by atoms with Gasteiger partial charge in [-0.05, 0) is 77.9 Å². The lowest BCUT2D eigenvalue weighted by molar-refractivity contribution is -0.143. The lowest BCUT2D eigenvalue weighted by Gasteiger charge is -2.13. The number of methoxy groups -OCH3 is 1. The van der Waals surface area contributed by atoms with Crippen molar-refractivity contribution in [3.63, 3.8) is 0 Å². The van der Waals surface area contributed by atoms with Gasteiger partial charge in [0.25, 0.3) is 0 Å². The molecule has 2 rings (SSSR count). The number of ether oxygens (including phenoxy) is 2. The minimum absolute atomic E-state index is 0.227. The Morgan fingerprint density at radius 2 is 1.97 bits per heavy atom. The number of allylic oxidation sites excluding steroid dienone is 4. The van der Waals surface area contributed by atoms with Gasteiger partial charge in [-0.1, -0.05) is 37.4 Å². The van der Waals surface area contributed by atoms with E-state index in [2.05, 4.69) is 19.2 Å². The van der Waals surface area contributed by atoms with Crippen LogP contribution in [0.5, 0.6) is 5.75 Å². The van der Waals surface area contributed by atoms with Crippen LogP contribution in [-0.4, -0.2) is 19.7 Å². The van der Waals surface area contributed by atoms with Crippen LogP contribution >= 0.6 is 0 Å². The summed E-state index contributed by atoms with van der Waals surface area (Å²) in [6.07, 6.45) is 2.79. The van der Waals surface area contributed by atoms with Crippen LogP contribution in [0.2, 0.25) is 0 Å². The molecule has 2 aromatic carbocycles. The second-order valence-electron chi connectivity index (χ2n) is 6.85. The maximum atomic E-state index is 11.8. The van der Waals surface area contributed by atoms with Gasteiger partial charge in [0.1, 0.15) is 5.75 Å². The molecular formula is C26H27NO3. The topological polar surface area (TPSA) is 59.3 Å². The highest BCUT2D eigenvalue weighted by Gasteiger charge is 2.11. The van der Waals surface area contributed by atoms with Gasteiger partial charge in [-0.25, -0.2) is 0 Å². The first-order chi connectivity index (χ1) is 14.4. The third-order valence-electron chi connectivity index (χ3n) is 4.77. The first-order valence-corrected chi connectivity index (χ1v) is 9.79. The second-order valence-corrected chi connectivity index (χ2v) is 6.85. The number of hydrogen-bond acceptors (Lipinski definition) is 4. The fourth-order valence-electron chi connectivity index (χ4n) is 3.12. The summed E-state index contributed by atoms with van der Waals surface area (Å²) in [5.41, 5.74) is 5.99. The molecule has 0 aromatic heterocycles. The van der Waals surface area contributed by atoms with E-state index >= 15 is 0 Å². The zero-order valence-electron chi connectivity index (χ0n) is 17.8. The maximum Gasteiger partial charge on any atom is 0.306 e. The van der Waals surface area contributed by atoms with Crippen LogP contribution < -0.4 is 4.74 Å². The fourth-order valence-corrected chi connectivity index (χ4v) is 3.12. The van der Waals surface area contributed by atoms with Crippen molar-refractivity contribution < 1.29 is 14.3 Å². The van der Waals surface area contributed by atoms with E-state index in [0.29, 0.717) is 18.6 Å². The van der Waals surface area contributed by atoms with E-state index < -0.39 is 0 Å². The standard InChI is InChI=1S/C26H27NO3/c1-6-30-26(28)13-10-23-16-24(29-5)11-12-25(23)19(3)14-18(2)20(4)22-9-7-8-21(15-22)17-27/h7-9,11-12,14-16H,3-4,6,10,13H2,1-2,5H3/b18-14-. The average Bonchev–Trinajstić information content (AvgIpc) is 2.76. The molecule has 0 saturated heterocycles. The largest absolute Gasteiger partial charge is 0.497 e. The third-order valence-corrected chi connectivity index (χ3v) is 4.77. The van der Waals surface area contributed by atoms with Gasteiger partial charge in [0.05, 0.1) is 25.3 Å². The Morgan fingerprint density at radius 3 is 2.63 bits per heavy atom. The van der Waals surface area contributed by atoms with E-state index in [0.717, 1.165) is 39.2 Å². The van der Waals surface area contributed by atoms with Gasteiger partial charge in [-0.15, -0.1) is 0 Å². The summed E-state index contributed by atoms with van der Waals surface area (Å²) in [5.74, 6) is 0.498. The molecule has 154 valence electrons. The van der Waals surface area contributed by atoms with Crippen LogP contribution in [0.3, 0.4) is 0 Å². The number of esters is 1. The van der Waals surface area contributed by atoms with Gasteiger partial charge >= 0.3 is 5.97 Å². The van der Waals surface area contributed by atoms with E-state index in [9.17, 15) is 4.79 Å². The highest BCUT2D eigenvalue weighted by molar-refractivity contribution is 5.84. The zero-order chi connectivity index (χ0) is 22.1. The van der Waals surface area contributed by atoms with Crippen molar-refractivity contribution in [2.24, 2.45) is 0 Å². The lowest BCUT2D eigenvalue weighted by atomic mass is 9.93. The van der Waals surface area contributed by atoms with Crippen LogP contribution in [-0.2, 0) is 16.0 Å². The van der Waals surface area contributed by atoms with E-state index in [4.69, 9.17) is 14.7 Å². The summed E-state index contributed by atoms with van der Waals surface area (Å²) in [7, 11) is 1.61. The molecule has 0 aliphatic heterocycles. The molecule has 0 unspecified atom stereocenters. The van der Waals surface area contributed by atoms with Crippen molar-refractivity contribution in [1.29, 1.82) is 5.26 Å². The minimum Gasteiger partial charge on any atom is -0.497 e. The van der Waals surface area contributed by atoms with E-state index in [1.807, 2.05) is 49.4 Å². The molecule has 0 saturated carbocycles. The Labute approximate surface area is 178 Å². The van der Waals surface area contributed by atoms with Crippen molar-refractivity contribution in [3.05, 3.63) is 89.5 Å². The molecule has 4 nitrogen and oxygen atoms in total. The first kappa shape index (κ1) is 22.7. The molecule has 2 aromatic rings. The van der Waals surface area contributed by atoms with Gasteiger partial charge in [0, 0.05) is 6.42 Å². The van der Waals surface area contributed by atoms with Gasteiger partial charge in [-0.2, -0.15) is 5.26 Å². The summed E-state index contributed by atoms with van der Waals surface area (Å²) >= 11 is 0. The Balaban J connectivity index is 2.28. The molecule has 0 bridgehead atoms. The third kappa shape index (κ3) is 5.96. The second kappa shape index (κ2) is 10.8. The normalized spacial score (nSPS) is 10.8. The predicted octanol–water partition coefficient (Wildman–Crippen LogP) is 5.74. The number of carbonyl (C=O) groups excluding carboxylic acids is 1. The summed E-state index contributed by atoms with van der Waals surface area (Å²) in [6.45, 7) is 12.5. The van der Waals surface area contributed by atoms with E-state index in [1.54, 1.807) is 20.1 Å². The lowest BCUT2D eigenvalue weighted by Crippen LogP contribution is -2.06. The summed E-state index contributed by atoms with van der Waals surface area (Å²) in [5, 5.41) is 9.12. The quantitative estimate of drug-likeness (QED) is 0.397. The van der Waals surface area contributed by atoms with Gasteiger partial charge in [0.15, 0.2) is 0 Å². The number of carbonyl (C=O) groups is 1. The van der Waals surface area contributed by atoms with Crippen molar-refractivity contribution in [3.8, 4) is 11.8 Å². The Bertz CT molecular complexity index is 1020. The molecule has 0 aliphatic rings. The van der Waals surface area contributed by atoms with Crippen LogP contribution in [0.15, 0.2) is 67.3 Å². The molecule has 0 spiro atoms. The number of rotatable bonds is 9. The predicted molar refractivity (Wildman–Crippen MR) is 121 cm³/mol. The molecule has 30 heavy (non-hydrogen) atoms. The molecule has 4 heteroatoms. The average molecular weight is 402 g/mol. The van der Waals surface area contributed by atoms with E-state index in [1.165, 1.54) is 0 Å². The van der Waals surface area contributed by atoms with E-state index in [-0.39, 0.29) is 12.4 Å². The monoisotopic (exact) mass is 401 g/mol. The van der Waals surface area contributed by atoms with Crippen molar-refractivity contribution >= 4 is 17.1 Å². The number of benzene rings is 2. The number of nitriles is 1. The number of nitrogens with zero attached hydrogens (tertiary/aromatic N) is 1. The van der Waals surface area contributed by atoms with Gasteiger partial charge < -0.3 is 9.47 Å². The van der Waals surface area contributed by atoms with Crippen molar-refractivity contribution in [1.82, 2.24) is 0 Å². The molecule has 0 radical (unpaired) electrons. The highest BCUT2D eigenvalue weighted by atomic mass is 16.5. The summed E-state index contributed by atoms with van der Waals surface area (Å²) in [6, 6.07) is 15.3. The van der Waals surface area contributed by atoms with Crippen LogP contribution in [0.25, 0.3) is 11.1 Å². The highest BCUT2D eigenvalue weighted by Crippen LogP contribution is 2.29. The SMILES string of the molecule is C=C(/C(C)=C\C(=C)c1ccc(OC)cc1CCC(=O)OCC)c1cccc(C#N)c1. The zero-order valence-corrected chi connectivity index (χ0v) is 17.8. The maximum absolute atomic E-state index is 11.8. The van der Waals surface area contributed by atoms with Crippen LogP contribution in [0.4, 0.5) is 0 Å². The molecule has 0 heterocycles. The Kier molecular flexibility index (Phi) is 8.19. The van der Waals surface area contributed by atoms with Crippen LogP contribution in [0.1, 0.15) is 42.5 Å². The minimum atomic E-state index is -0.227. The van der Waals surface area contributed by atoms with Crippen molar-refractivity contribution in [2.75, 3.05) is 13.7 Å². The fraction of sp³-hybridized carbons (Fsp3) is 0.231. The summed E-state index contributed by atoms with van der Waals surface area (Å²) < 4.78 is 10.4. The van der Waals surface area contributed by atoms with Crippen LogP contribution in [0, 0.1) is 11.3 Å². The van der Waals surface area contributed by atoms with Gasteiger partial charge in [0.2, 0.25) is 0 Å². The molecule has 0 fully saturated rings. The molecular weight excluding hydrogens is 374 g/mol. The first-order valence-electron chi connectivity index (χ1n) is 9.79. The van der Waals surface area contributed by atoms with Crippen molar-refractivity contribution in [2.45, 2.75) is 26.7 Å². The Hall–Kier alpha value is -3.58. The Morgan fingerprint density at radius 1 is 1.20 bits per heavy atom. The number of aryl methyl sites for hydroxylation is 1. The summed E-state index contributed by atoms with van der Waals surface area (Å²) in [4.78, 5) is 11.8. The molecule has 0 atom stereocenters. The van der Waals surface area contributed by atoms with Gasteiger partial charge in [-0.3, -0.25) is 4.79 Å². The molecule has 0 N–H and O–H groups in total. The molecule has 0 amide bonds. The smallest absolute Gasteiger partial charge is 0.306 e.